The van der Waals surface area contributed by atoms with E-state index in [9.17, 15) is 14.3 Å². The van der Waals surface area contributed by atoms with Gasteiger partial charge in [0, 0.05) is 5.54 Å². The molecule has 0 heterocycles. The van der Waals surface area contributed by atoms with Gasteiger partial charge < -0.3 is 16.2 Å². The van der Waals surface area contributed by atoms with E-state index in [-0.39, 0.29) is 5.54 Å². The number of carbonyl (C=O) groups is 1. The number of rotatable bonds is 7. The Balaban J connectivity index is 1.71. The van der Waals surface area contributed by atoms with Gasteiger partial charge in [0.2, 0.25) is 0 Å². The summed E-state index contributed by atoms with van der Waals surface area (Å²) in [5.74, 6) is -0.745. The van der Waals surface area contributed by atoms with Gasteiger partial charge in [0.15, 0.2) is 4.84 Å². The van der Waals surface area contributed by atoms with E-state index in [1.165, 1.54) is 0 Å². The molecule has 1 aliphatic rings. The summed E-state index contributed by atoms with van der Waals surface area (Å²) in [6, 6.07) is 14.1. The lowest BCUT2D eigenvalue weighted by Crippen LogP contribution is -2.43. The fourth-order valence-electron chi connectivity index (χ4n) is 2.97. The molecule has 0 bridgehead atoms. The first-order chi connectivity index (χ1) is 12.8. The Kier molecular flexibility index (Phi) is 6.06. The van der Waals surface area contributed by atoms with Gasteiger partial charge >= 0.3 is 0 Å². The van der Waals surface area contributed by atoms with Gasteiger partial charge in [0.1, 0.15) is 12.8 Å². The van der Waals surface area contributed by atoms with Crippen LogP contribution in [0.15, 0.2) is 48.5 Å². The molecule has 0 unspecified atom stereocenters. The minimum atomic E-state index is -1.32. The Hall–Kier alpha value is -1.66. The molecule has 3 rings (SSSR count). The first kappa shape index (κ1) is 20.1. The van der Waals surface area contributed by atoms with Crippen LogP contribution < -0.4 is 11.1 Å². The van der Waals surface area contributed by atoms with E-state index in [0.29, 0.717) is 5.56 Å². The van der Waals surface area contributed by atoms with E-state index < -0.39 is 29.6 Å². The zero-order chi connectivity index (χ0) is 19.6. The predicted octanol–water partition coefficient (Wildman–Crippen LogP) is 3.59. The van der Waals surface area contributed by atoms with Gasteiger partial charge in [-0.15, -0.1) is 0 Å². The molecule has 144 valence electrons. The second-order valence-electron chi connectivity index (χ2n) is 6.87. The van der Waals surface area contributed by atoms with Crippen molar-refractivity contribution in [2.75, 3.05) is 6.67 Å². The number of benzene rings is 2. The number of hydrogen-bond donors (Lipinski definition) is 3. The number of aliphatic hydroxyl groups is 1. The van der Waals surface area contributed by atoms with Crippen LogP contribution in [0.4, 0.5) is 4.39 Å². The van der Waals surface area contributed by atoms with Crippen LogP contribution in [0.3, 0.4) is 0 Å². The molecule has 0 saturated heterocycles. The number of aliphatic hydroxyl groups excluding tert-OH is 1. The highest BCUT2D eigenvalue weighted by molar-refractivity contribution is 6.53. The Labute approximate surface area is 167 Å². The number of nitrogens with one attached hydrogen (secondary N) is 1. The van der Waals surface area contributed by atoms with Crippen LogP contribution in [0.25, 0.3) is 11.1 Å². The summed E-state index contributed by atoms with van der Waals surface area (Å²) in [6.07, 6.45) is 0.813. The van der Waals surface area contributed by atoms with Crippen LogP contribution in [-0.2, 0) is 10.3 Å². The summed E-state index contributed by atoms with van der Waals surface area (Å²) in [6.45, 7) is -0.947. The maximum atomic E-state index is 13.2. The zero-order valence-corrected chi connectivity index (χ0v) is 16.1. The topological polar surface area (TPSA) is 75.3 Å². The van der Waals surface area contributed by atoms with E-state index in [1.807, 2.05) is 36.4 Å². The molecule has 2 aromatic carbocycles. The van der Waals surface area contributed by atoms with Crippen molar-refractivity contribution in [2.45, 2.75) is 35.4 Å². The summed E-state index contributed by atoms with van der Waals surface area (Å²) < 4.78 is 13.2. The fourth-order valence-corrected chi connectivity index (χ4v) is 3.10. The third-order valence-corrected chi connectivity index (χ3v) is 5.30. The summed E-state index contributed by atoms with van der Waals surface area (Å²) in [7, 11) is 0. The van der Waals surface area contributed by atoms with Crippen LogP contribution in [0.1, 0.15) is 30.1 Å². The molecular weight excluding hydrogens is 390 g/mol. The maximum Gasteiger partial charge on any atom is 0.253 e. The van der Waals surface area contributed by atoms with Gasteiger partial charge in [-0.25, -0.2) is 4.39 Å². The van der Waals surface area contributed by atoms with Crippen molar-refractivity contribution in [3.63, 3.8) is 0 Å². The lowest BCUT2D eigenvalue weighted by molar-refractivity contribution is -0.121. The Bertz CT molecular complexity index is 793. The van der Waals surface area contributed by atoms with Crippen LogP contribution >= 0.6 is 23.2 Å². The molecule has 0 spiro atoms. The second-order valence-corrected chi connectivity index (χ2v) is 7.97. The van der Waals surface area contributed by atoms with E-state index in [2.05, 4.69) is 5.32 Å². The quantitative estimate of drug-likeness (QED) is 0.610. The fraction of sp³-hybridized carbons (Fsp3) is 0.350. The molecule has 4 N–H and O–H groups in total. The smallest absolute Gasteiger partial charge is 0.253 e. The van der Waals surface area contributed by atoms with Crippen LogP contribution in [0.2, 0.25) is 0 Å². The number of nitrogens with two attached hydrogens (primary N) is 1. The lowest BCUT2D eigenvalue weighted by atomic mass is 9.97. The predicted molar refractivity (Wildman–Crippen MR) is 105 cm³/mol. The number of amides is 1. The number of alkyl halides is 3. The van der Waals surface area contributed by atoms with Crippen molar-refractivity contribution in [3.05, 3.63) is 59.7 Å². The lowest BCUT2D eigenvalue weighted by Gasteiger charge is -2.22. The molecule has 1 aliphatic carbocycles. The SMILES string of the molecule is NC1(c2ccc(-c3ccc([C@@H](O)[C@@H](CF)NC(=O)C(Cl)Cl)cc3)cc2)CC1. The highest BCUT2D eigenvalue weighted by Crippen LogP contribution is 2.42. The normalized spacial score (nSPS) is 17.4. The van der Waals surface area contributed by atoms with Crippen LogP contribution in [0, 0.1) is 0 Å². The summed E-state index contributed by atoms with van der Waals surface area (Å²) in [5, 5.41) is 12.6. The molecule has 4 nitrogen and oxygen atoms in total. The Morgan fingerprint density at radius 2 is 1.63 bits per heavy atom. The molecule has 0 radical (unpaired) electrons. The molecule has 1 fully saturated rings. The van der Waals surface area contributed by atoms with Gasteiger partial charge in [-0.2, -0.15) is 0 Å². The average molecular weight is 411 g/mol. The molecule has 0 aliphatic heterocycles. The van der Waals surface area contributed by atoms with E-state index >= 15 is 0 Å². The average Bonchev–Trinajstić information content (AvgIpc) is 3.44. The molecule has 1 amide bonds. The molecule has 1 saturated carbocycles. The maximum absolute atomic E-state index is 13.2. The summed E-state index contributed by atoms with van der Waals surface area (Å²) in [4.78, 5) is 10.2. The number of halogens is 3. The summed E-state index contributed by atoms with van der Waals surface area (Å²) in [5.41, 5.74) is 9.64. The van der Waals surface area contributed by atoms with Crippen molar-refractivity contribution in [1.82, 2.24) is 5.32 Å². The monoisotopic (exact) mass is 410 g/mol. The highest BCUT2D eigenvalue weighted by Gasteiger charge is 2.39. The van der Waals surface area contributed by atoms with E-state index in [0.717, 1.165) is 29.5 Å². The standard InChI is InChI=1S/C20H21Cl2FN2O2/c21-18(22)19(27)25-16(11-23)17(26)14-3-1-12(2-4-14)13-5-7-15(8-6-13)20(24)9-10-20/h1-8,16-18,26H,9-11,24H2,(H,25,27)/t16-,17-/m1/s1. The van der Waals surface area contributed by atoms with Gasteiger partial charge in [-0.05, 0) is 35.1 Å². The van der Waals surface area contributed by atoms with Crippen LogP contribution in [0.5, 0.6) is 0 Å². The van der Waals surface area contributed by atoms with Gasteiger partial charge in [-0.1, -0.05) is 71.7 Å². The second kappa shape index (κ2) is 8.15. The minimum Gasteiger partial charge on any atom is -0.386 e. The summed E-state index contributed by atoms with van der Waals surface area (Å²) >= 11 is 10.9. The van der Waals surface area contributed by atoms with Crippen LogP contribution in [-0.4, -0.2) is 28.6 Å². The first-order valence-electron chi connectivity index (χ1n) is 8.66. The number of hydrogen-bond acceptors (Lipinski definition) is 3. The van der Waals surface area contributed by atoms with Crippen molar-refractivity contribution in [3.8, 4) is 11.1 Å². The highest BCUT2D eigenvalue weighted by atomic mass is 35.5. The third-order valence-electron chi connectivity index (χ3n) is 4.91. The largest absolute Gasteiger partial charge is 0.386 e. The molecule has 27 heavy (non-hydrogen) atoms. The molecular formula is C20H21Cl2FN2O2. The first-order valence-corrected chi connectivity index (χ1v) is 9.54. The molecule has 7 heteroatoms. The van der Waals surface area contributed by atoms with Crippen molar-refractivity contribution < 1.29 is 14.3 Å². The zero-order valence-electron chi connectivity index (χ0n) is 14.5. The van der Waals surface area contributed by atoms with Crippen molar-refractivity contribution in [2.24, 2.45) is 5.73 Å². The Morgan fingerprint density at radius 1 is 1.11 bits per heavy atom. The third kappa shape index (κ3) is 4.61. The van der Waals surface area contributed by atoms with E-state index in [4.69, 9.17) is 28.9 Å². The van der Waals surface area contributed by atoms with Gasteiger partial charge in [-0.3, -0.25) is 4.79 Å². The van der Waals surface area contributed by atoms with Crippen molar-refractivity contribution >= 4 is 29.1 Å². The van der Waals surface area contributed by atoms with Gasteiger partial charge in [0.05, 0.1) is 6.04 Å². The minimum absolute atomic E-state index is 0.163. The molecule has 2 atom stereocenters. The van der Waals surface area contributed by atoms with Gasteiger partial charge in [0.25, 0.3) is 5.91 Å². The van der Waals surface area contributed by atoms with E-state index in [1.54, 1.807) is 12.1 Å². The molecule has 0 aromatic heterocycles. The molecule has 2 aromatic rings. The van der Waals surface area contributed by atoms with Crippen molar-refractivity contribution in [1.29, 1.82) is 0 Å². The Morgan fingerprint density at radius 3 is 2.07 bits per heavy atom. The number of carbonyl (C=O) groups excluding carboxylic acids is 1.